The molecular formula is C13H11NO6. The predicted octanol–water partition coefficient (Wildman–Crippen LogP) is 2.77. The number of hydrogen-bond acceptors (Lipinski definition) is 5. The first-order valence-corrected chi connectivity index (χ1v) is 5.66. The van der Waals surface area contributed by atoms with Gasteiger partial charge in [-0.05, 0) is 25.1 Å². The van der Waals surface area contributed by atoms with Crippen LogP contribution in [0.3, 0.4) is 0 Å². The average Bonchev–Trinajstić information content (AvgIpc) is 2.84. The second-order valence-corrected chi connectivity index (χ2v) is 4.06. The van der Waals surface area contributed by atoms with Gasteiger partial charge in [-0.3, -0.25) is 10.1 Å². The van der Waals surface area contributed by atoms with E-state index >= 15 is 0 Å². The van der Waals surface area contributed by atoms with Gasteiger partial charge in [0.2, 0.25) is 0 Å². The van der Waals surface area contributed by atoms with Crippen LogP contribution in [0.25, 0.3) is 0 Å². The van der Waals surface area contributed by atoms with Gasteiger partial charge in [0.15, 0.2) is 5.76 Å². The zero-order valence-electron chi connectivity index (χ0n) is 10.5. The van der Waals surface area contributed by atoms with Crippen LogP contribution in [-0.4, -0.2) is 16.0 Å². The molecule has 1 heterocycles. The molecule has 2 aromatic rings. The highest BCUT2D eigenvalue weighted by atomic mass is 16.6. The largest absolute Gasteiger partial charge is 0.486 e. The topological polar surface area (TPSA) is 103 Å². The van der Waals surface area contributed by atoms with E-state index in [1.54, 1.807) is 6.92 Å². The van der Waals surface area contributed by atoms with Crippen molar-refractivity contribution in [3.8, 4) is 5.75 Å². The molecule has 0 fully saturated rings. The summed E-state index contributed by atoms with van der Waals surface area (Å²) in [4.78, 5) is 21.1. The predicted molar refractivity (Wildman–Crippen MR) is 67.8 cm³/mol. The van der Waals surface area contributed by atoms with Crippen molar-refractivity contribution in [1.29, 1.82) is 0 Å². The van der Waals surface area contributed by atoms with Gasteiger partial charge in [0.1, 0.15) is 17.9 Å². The van der Waals surface area contributed by atoms with E-state index in [2.05, 4.69) is 0 Å². The van der Waals surface area contributed by atoms with E-state index < -0.39 is 10.9 Å². The summed E-state index contributed by atoms with van der Waals surface area (Å²) in [5, 5.41) is 19.6. The van der Waals surface area contributed by atoms with Gasteiger partial charge >= 0.3 is 5.97 Å². The average molecular weight is 277 g/mol. The minimum atomic E-state index is -1.10. The molecule has 0 saturated heterocycles. The summed E-state index contributed by atoms with van der Waals surface area (Å²) in [7, 11) is 0. The Morgan fingerprint density at radius 1 is 1.45 bits per heavy atom. The first kappa shape index (κ1) is 13.6. The quantitative estimate of drug-likeness (QED) is 0.665. The minimum Gasteiger partial charge on any atom is -0.486 e. The van der Waals surface area contributed by atoms with Gasteiger partial charge in [0, 0.05) is 11.6 Å². The van der Waals surface area contributed by atoms with Crippen molar-refractivity contribution >= 4 is 11.7 Å². The Morgan fingerprint density at radius 3 is 2.80 bits per heavy atom. The zero-order chi connectivity index (χ0) is 14.7. The van der Waals surface area contributed by atoms with Gasteiger partial charge in [0.25, 0.3) is 5.69 Å². The Balaban J connectivity index is 2.11. The zero-order valence-corrected chi connectivity index (χ0v) is 10.5. The van der Waals surface area contributed by atoms with Gasteiger partial charge in [-0.15, -0.1) is 0 Å². The lowest BCUT2D eigenvalue weighted by Gasteiger charge is -2.06. The summed E-state index contributed by atoms with van der Waals surface area (Å²) in [5.41, 5.74) is 0.496. The third kappa shape index (κ3) is 2.77. The lowest BCUT2D eigenvalue weighted by atomic mass is 10.2. The second-order valence-electron chi connectivity index (χ2n) is 4.06. The number of benzene rings is 1. The standard InChI is InChI=1S/C13H11NO6/c1-8-6-9(2-3-11(8)14(17)18)20-7-12-10(13(15)16)4-5-19-12/h2-6H,7H2,1H3,(H,15,16). The number of hydrogen-bond donors (Lipinski definition) is 1. The van der Waals surface area contributed by atoms with Crippen molar-refractivity contribution in [2.24, 2.45) is 0 Å². The van der Waals surface area contributed by atoms with E-state index in [1.165, 1.54) is 30.5 Å². The Labute approximate surface area is 113 Å². The Morgan fingerprint density at radius 2 is 2.20 bits per heavy atom. The summed E-state index contributed by atoms with van der Waals surface area (Å²) in [6.07, 6.45) is 1.27. The van der Waals surface area contributed by atoms with Crippen molar-refractivity contribution in [2.75, 3.05) is 0 Å². The van der Waals surface area contributed by atoms with E-state index in [-0.39, 0.29) is 23.6 Å². The fraction of sp³-hybridized carbons (Fsp3) is 0.154. The molecule has 7 heteroatoms. The number of carboxylic acid groups (broad SMARTS) is 1. The van der Waals surface area contributed by atoms with Gasteiger partial charge in [-0.1, -0.05) is 0 Å². The number of rotatable bonds is 5. The molecule has 1 N–H and O–H groups in total. The van der Waals surface area contributed by atoms with Crippen LogP contribution in [0.5, 0.6) is 5.75 Å². The lowest BCUT2D eigenvalue weighted by molar-refractivity contribution is -0.385. The van der Waals surface area contributed by atoms with Crippen LogP contribution < -0.4 is 4.74 Å². The smallest absolute Gasteiger partial charge is 0.339 e. The Bertz CT molecular complexity index is 661. The van der Waals surface area contributed by atoms with Gasteiger partial charge < -0.3 is 14.3 Å². The summed E-state index contributed by atoms with van der Waals surface area (Å²) in [6.45, 7) is 1.53. The molecular weight excluding hydrogens is 266 g/mol. The molecule has 1 aromatic carbocycles. The van der Waals surface area contributed by atoms with Crippen LogP contribution in [0.1, 0.15) is 21.7 Å². The second kappa shape index (κ2) is 5.43. The normalized spacial score (nSPS) is 10.2. The third-order valence-electron chi connectivity index (χ3n) is 2.71. The third-order valence-corrected chi connectivity index (χ3v) is 2.71. The fourth-order valence-corrected chi connectivity index (χ4v) is 1.71. The number of aryl methyl sites for hydroxylation is 1. The van der Waals surface area contributed by atoms with Crippen molar-refractivity contribution in [1.82, 2.24) is 0 Å². The fourth-order valence-electron chi connectivity index (χ4n) is 1.71. The lowest BCUT2D eigenvalue weighted by Crippen LogP contribution is -2.02. The molecule has 20 heavy (non-hydrogen) atoms. The van der Waals surface area contributed by atoms with E-state index in [1.807, 2.05) is 0 Å². The number of carboxylic acids is 1. The van der Waals surface area contributed by atoms with E-state index in [0.717, 1.165) is 0 Å². The molecule has 104 valence electrons. The molecule has 0 aliphatic rings. The Kier molecular flexibility index (Phi) is 3.69. The molecule has 0 aliphatic carbocycles. The number of nitro groups is 1. The van der Waals surface area contributed by atoms with Crippen LogP contribution in [0.15, 0.2) is 34.9 Å². The van der Waals surface area contributed by atoms with E-state index in [0.29, 0.717) is 11.3 Å². The van der Waals surface area contributed by atoms with Crippen molar-refractivity contribution in [2.45, 2.75) is 13.5 Å². The maximum atomic E-state index is 10.9. The van der Waals surface area contributed by atoms with Gasteiger partial charge in [-0.25, -0.2) is 4.79 Å². The highest BCUT2D eigenvalue weighted by molar-refractivity contribution is 5.88. The van der Waals surface area contributed by atoms with Crippen LogP contribution in [-0.2, 0) is 6.61 Å². The molecule has 0 bridgehead atoms. The molecule has 0 unspecified atom stereocenters. The van der Waals surface area contributed by atoms with E-state index in [9.17, 15) is 14.9 Å². The van der Waals surface area contributed by atoms with Crippen LogP contribution in [0.4, 0.5) is 5.69 Å². The number of ether oxygens (including phenoxy) is 1. The molecule has 0 radical (unpaired) electrons. The van der Waals surface area contributed by atoms with Gasteiger partial charge in [-0.2, -0.15) is 0 Å². The van der Waals surface area contributed by atoms with Crippen molar-refractivity contribution < 1.29 is 24.0 Å². The number of aromatic carboxylic acids is 1. The maximum Gasteiger partial charge on any atom is 0.339 e. The maximum absolute atomic E-state index is 10.9. The monoisotopic (exact) mass is 277 g/mol. The molecule has 1 aromatic heterocycles. The minimum absolute atomic E-state index is 0.00146. The molecule has 0 saturated carbocycles. The number of carbonyl (C=O) groups is 1. The molecule has 7 nitrogen and oxygen atoms in total. The van der Waals surface area contributed by atoms with Crippen molar-refractivity contribution in [3.05, 3.63) is 57.5 Å². The molecule has 0 aliphatic heterocycles. The number of furan rings is 1. The van der Waals surface area contributed by atoms with Crippen LogP contribution in [0, 0.1) is 17.0 Å². The first-order chi connectivity index (χ1) is 9.49. The van der Waals surface area contributed by atoms with Crippen molar-refractivity contribution in [3.63, 3.8) is 0 Å². The summed E-state index contributed by atoms with van der Waals surface area (Å²) >= 11 is 0. The number of nitro benzene ring substituents is 1. The van der Waals surface area contributed by atoms with Crippen LogP contribution in [0.2, 0.25) is 0 Å². The molecule has 0 amide bonds. The SMILES string of the molecule is Cc1cc(OCc2occc2C(=O)O)ccc1[N+](=O)[O-]. The number of nitrogens with zero attached hydrogens (tertiary/aromatic N) is 1. The highest BCUT2D eigenvalue weighted by Crippen LogP contribution is 2.24. The molecule has 0 atom stereocenters. The van der Waals surface area contributed by atoms with Gasteiger partial charge in [0.05, 0.1) is 11.2 Å². The van der Waals surface area contributed by atoms with E-state index in [4.69, 9.17) is 14.3 Å². The summed E-state index contributed by atoms with van der Waals surface area (Å²) < 4.78 is 10.4. The van der Waals surface area contributed by atoms with Crippen LogP contribution >= 0.6 is 0 Å². The first-order valence-electron chi connectivity index (χ1n) is 5.66. The highest BCUT2D eigenvalue weighted by Gasteiger charge is 2.15. The molecule has 0 spiro atoms. The summed E-state index contributed by atoms with van der Waals surface area (Å²) in [5.74, 6) is -0.508. The Hall–Kier alpha value is -2.83. The summed E-state index contributed by atoms with van der Waals surface area (Å²) in [6, 6.07) is 5.64. The molecule has 2 rings (SSSR count).